The van der Waals surface area contributed by atoms with Crippen molar-refractivity contribution in [1.29, 1.82) is 0 Å². The van der Waals surface area contributed by atoms with E-state index in [1.807, 2.05) is 41.3 Å². The number of piperidine rings is 1. The predicted octanol–water partition coefficient (Wildman–Crippen LogP) is 2.95. The summed E-state index contributed by atoms with van der Waals surface area (Å²) in [5.74, 6) is 1.46. The molecule has 0 atom stereocenters. The number of nitrogens with zero attached hydrogens (tertiary/aromatic N) is 4. The molecule has 1 aliphatic heterocycles. The molecule has 4 rings (SSSR count). The van der Waals surface area contributed by atoms with Crippen LogP contribution in [0.5, 0.6) is 5.75 Å². The van der Waals surface area contributed by atoms with Crippen molar-refractivity contribution in [2.45, 2.75) is 19.4 Å². The van der Waals surface area contributed by atoms with Crippen LogP contribution in [0.2, 0.25) is 0 Å². The minimum absolute atomic E-state index is 0.663. The monoisotopic (exact) mass is 312 g/mol. The lowest BCUT2D eigenvalue weighted by atomic mass is 9.97. The maximum Gasteiger partial charge on any atom is 0.298 e. The van der Waals surface area contributed by atoms with Gasteiger partial charge in [-0.25, -0.2) is 0 Å². The first-order valence-electron chi connectivity index (χ1n) is 7.99. The Kier molecular flexibility index (Phi) is 3.65. The first kappa shape index (κ1) is 14.1. The Balaban J connectivity index is 1.43. The van der Waals surface area contributed by atoms with Crippen LogP contribution in [0.3, 0.4) is 0 Å². The number of ether oxygens (including phenoxy) is 1. The average Bonchev–Trinajstić information content (AvgIpc) is 3.24. The zero-order chi connectivity index (χ0) is 15.6. The van der Waals surface area contributed by atoms with E-state index in [0.29, 0.717) is 11.9 Å². The second-order valence-corrected chi connectivity index (χ2v) is 5.99. The molecule has 1 fully saturated rings. The number of oxazole rings is 1. The molecule has 2 aromatic heterocycles. The summed E-state index contributed by atoms with van der Waals surface area (Å²) in [6.07, 6.45) is 6.12. The quantitative estimate of drug-likeness (QED) is 0.741. The van der Waals surface area contributed by atoms with Crippen molar-refractivity contribution in [3.05, 3.63) is 36.7 Å². The zero-order valence-electron chi connectivity index (χ0n) is 13.2. The van der Waals surface area contributed by atoms with Crippen LogP contribution < -0.4 is 9.64 Å². The summed E-state index contributed by atoms with van der Waals surface area (Å²) in [6, 6.07) is 8.41. The average molecular weight is 312 g/mol. The first-order chi connectivity index (χ1) is 11.3. The Morgan fingerprint density at radius 1 is 1.30 bits per heavy atom. The third-order valence-electron chi connectivity index (χ3n) is 4.47. The van der Waals surface area contributed by atoms with Gasteiger partial charge in [-0.2, -0.15) is 10.1 Å². The molecule has 0 radical (unpaired) electrons. The van der Waals surface area contributed by atoms with E-state index in [1.165, 1.54) is 0 Å². The summed E-state index contributed by atoms with van der Waals surface area (Å²) in [5.41, 5.74) is 1.65. The molecule has 1 aliphatic rings. The van der Waals surface area contributed by atoms with Gasteiger partial charge < -0.3 is 14.1 Å². The molecule has 120 valence electrons. The fraction of sp³-hybridized carbons (Fsp3) is 0.412. The number of hydrogen-bond donors (Lipinski definition) is 0. The van der Waals surface area contributed by atoms with Gasteiger partial charge in [-0.3, -0.25) is 4.68 Å². The van der Waals surface area contributed by atoms with Crippen molar-refractivity contribution < 1.29 is 9.15 Å². The summed E-state index contributed by atoms with van der Waals surface area (Å²) in [7, 11) is 1.66. The maximum atomic E-state index is 5.89. The summed E-state index contributed by atoms with van der Waals surface area (Å²) < 4.78 is 13.1. The first-order valence-corrected chi connectivity index (χ1v) is 7.99. The molecule has 3 heterocycles. The van der Waals surface area contributed by atoms with Gasteiger partial charge in [-0.15, -0.1) is 0 Å². The zero-order valence-corrected chi connectivity index (χ0v) is 13.2. The van der Waals surface area contributed by atoms with Crippen LogP contribution in [-0.2, 0) is 6.54 Å². The molecule has 0 amide bonds. The van der Waals surface area contributed by atoms with Crippen molar-refractivity contribution in [3.8, 4) is 5.75 Å². The minimum Gasteiger partial charge on any atom is -0.497 e. The van der Waals surface area contributed by atoms with Gasteiger partial charge in [0.15, 0.2) is 5.58 Å². The largest absolute Gasteiger partial charge is 0.497 e. The smallest absolute Gasteiger partial charge is 0.298 e. The molecular formula is C17H20N4O2. The van der Waals surface area contributed by atoms with Crippen molar-refractivity contribution in [2.24, 2.45) is 5.92 Å². The topological polar surface area (TPSA) is 56.3 Å². The molecule has 0 saturated carbocycles. The highest BCUT2D eigenvalue weighted by atomic mass is 16.5. The highest BCUT2D eigenvalue weighted by Crippen LogP contribution is 2.28. The van der Waals surface area contributed by atoms with Gasteiger partial charge in [0.2, 0.25) is 0 Å². The predicted molar refractivity (Wildman–Crippen MR) is 87.7 cm³/mol. The van der Waals surface area contributed by atoms with Crippen LogP contribution in [0.15, 0.2) is 41.1 Å². The lowest BCUT2D eigenvalue weighted by molar-refractivity contribution is 0.334. The molecule has 0 spiro atoms. The number of anilines is 1. The van der Waals surface area contributed by atoms with Crippen LogP contribution in [0.4, 0.5) is 6.01 Å². The number of methoxy groups -OCH3 is 1. The highest BCUT2D eigenvalue weighted by Gasteiger charge is 2.23. The van der Waals surface area contributed by atoms with Crippen molar-refractivity contribution in [1.82, 2.24) is 14.8 Å². The highest BCUT2D eigenvalue weighted by molar-refractivity contribution is 5.76. The van der Waals surface area contributed by atoms with E-state index in [1.54, 1.807) is 7.11 Å². The second-order valence-electron chi connectivity index (χ2n) is 5.99. The summed E-state index contributed by atoms with van der Waals surface area (Å²) in [5, 5.41) is 4.29. The van der Waals surface area contributed by atoms with E-state index in [4.69, 9.17) is 9.15 Å². The normalized spacial score (nSPS) is 16.1. The number of fused-ring (bicyclic) bond motifs is 1. The Labute approximate surface area is 134 Å². The molecular weight excluding hydrogens is 292 g/mol. The maximum absolute atomic E-state index is 5.89. The Morgan fingerprint density at radius 2 is 2.17 bits per heavy atom. The molecule has 23 heavy (non-hydrogen) atoms. The van der Waals surface area contributed by atoms with Crippen LogP contribution in [-0.4, -0.2) is 35.0 Å². The third-order valence-corrected chi connectivity index (χ3v) is 4.47. The van der Waals surface area contributed by atoms with Gasteiger partial charge >= 0.3 is 0 Å². The Bertz CT molecular complexity index is 773. The van der Waals surface area contributed by atoms with Crippen LogP contribution in [0.1, 0.15) is 12.8 Å². The molecule has 0 N–H and O–H groups in total. The van der Waals surface area contributed by atoms with Gasteiger partial charge in [-0.1, -0.05) is 0 Å². The van der Waals surface area contributed by atoms with Crippen LogP contribution in [0.25, 0.3) is 11.1 Å². The van der Waals surface area contributed by atoms with E-state index in [-0.39, 0.29) is 0 Å². The van der Waals surface area contributed by atoms with Crippen molar-refractivity contribution in [3.63, 3.8) is 0 Å². The van der Waals surface area contributed by atoms with Crippen LogP contribution >= 0.6 is 0 Å². The summed E-state index contributed by atoms with van der Waals surface area (Å²) in [6.45, 7) is 2.93. The van der Waals surface area contributed by atoms with E-state index in [0.717, 1.165) is 49.3 Å². The fourth-order valence-corrected chi connectivity index (χ4v) is 3.14. The molecule has 0 unspecified atom stereocenters. The summed E-state index contributed by atoms with van der Waals surface area (Å²) in [4.78, 5) is 6.84. The number of benzene rings is 1. The van der Waals surface area contributed by atoms with E-state index in [9.17, 15) is 0 Å². The van der Waals surface area contributed by atoms with Gasteiger partial charge in [-0.05, 0) is 37.0 Å². The number of aromatic nitrogens is 3. The third kappa shape index (κ3) is 2.88. The van der Waals surface area contributed by atoms with E-state index in [2.05, 4.69) is 15.0 Å². The number of hydrogen-bond acceptors (Lipinski definition) is 5. The van der Waals surface area contributed by atoms with Gasteiger partial charge in [0, 0.05) is 38.1 Å². The van der Waals surface area contributed by atoms with E-state index < -0.39 is 0 Å². The molecule has 0 bridgehead atoms. The molecule has 1 saturated heterocycles. The van der Waals surface area contributed by atoms with Gasteiger partial charge in [0.1, 0.15) is 11.3 Å². The van der Waals surface area contributed by atoms with Crippen molar-refractivity contribution in [2.75, 3.05) is 25.1 Å². The molecule has 1 aromatic carbocycles. The molecule has 6 nitrogen and oxygen atoms in total. The van der Waals surface area contributed by atoms with Crippen LogP contribution in [0, 0.1) is 5.92 Å². The van der Waals surface area contributed by atoms with E-state index >= 15 is 0 Å². The minimum atomic E-state index is 0.663. The van der Waals surface area contributed by atoms with Crippen molar-refractivity contribution >= 4 is 17.1 Å². The Morgan fingerprint density at radius 3 is 2.91 bits per heavy atom. The molecule has 3 aromatic rings. The lowest BCUT2D eigenvalue weighted by Crippen LogP contribution is -2.35. The summed E-state index contributed by atoms with van der Waals surface area (Å²) >= 11 is 0. The lowest BCUT2D eigenvalue weighted by Gasteiger charge is -2.30. The SMILES string of the molecule is COc1ccc2oc(N3CCC(Cn4cccn4)CC3)nc2c1. The molecule has 0 aliphatic carbocycles. The molecule has 6 heteroatoms. The second kappa shape index (κ2) is 5.95. The Hall–Kier alpha value is -2.50. The van der Waals surface area contributed by atoms with Gasteiger partial charge in [0.05, 0.1) is 7.11 Å². The van der Waals surface area contributed by atoms with Gasteiger partial charge in [0.25, 0.3) is 6.01 Å². The standard InChI is InChI=1S/C17H20N4O2/c1-22-14-3-4-16-15(11-14)19-17(23-16)20-9-5-13(6-10-20)12-21-8-2-7-18-21/h2-4,7-8,11,13H,5-6,9-10,12H2,1H3. The number of rotatable bonds is 4. The fourth-order valence-electron chi connectivity index (χ4n) is 3.14.